The molecule has 1 amide bonds. The molecule has 0 aromatic heterocycles. The van der Waals surface area contributed by atoms with Crippen LogP contribution in [-0.2, 0) is 9.59 Å². The van der Waals surface area contributed by atoms with E-state index in [1.54, 1.807) is 13.8 Å². The Kier molecular flexibility index (Phi) is 3.10. The van der Waals surface area contributed by atoms with E-state index in [1.165, 1.54) is 0 Å². The second-order valence-corrected chi connectivity index (χ2v) is 4.28. The van der Waals surface area contributed by atoms with E-state index in [9.17, 15) is 9.59 Å². The predicted octanol–water partition coefficient (Wildman–Crippen LogP) is -0.425. The van der Waals surface area contributed by atoms with Gasteiger partial charge in [-0.05, 0) is 13.8 Å². The highest BCUT2D eigenvalue weighted by Gasteiger charge is 2.29. The van der Waals surface area contributed by atoms with Gasteiger partial charge < -0.3 is 15.7 Å². The quantitative estimate of drug-likeness (QED) is 0.575. The van der Waals surface area contributed by atoms with Crippen molar-refractivity contribution < 1.29 is 14.7 Å². The van der Waals surface area contributed by atoms with Crippen LogP contribution in [0.15, 0.2) is 0 Å². The molecule has 1 unspecified atom stereocenters. The van der Waals surface area contributed by atoms with Crippen molar-refractivity contribution in [1.82, 2.24) is 10.6 Å². The standard InChI is InChI=1S/C9H16N2O3/c1-9(2,8(13)14)5-11-6-3-7(12)10-4-6/h6,11H,3-5H2,1-2H3,(H,10,12)(H,13,14). The summed E-state index contributed by atoms with van der Waals surface area (Å²) >= 11 is 0. The molecule has 0 radical (unpaired) electrons. The van der Waals surface area contributed by atoms with Crippen molar-refractivity contribution in [2.24, 2.45) is 5.41 Å². The summed E-state index contributed by atoms with van der Waals surface area (Å²) in [5, 5.41) is 14.6. The Morgan fingerprint density at radius 2 is 2.36 bits per heavy atom. The first-order valence-corrected chi connectivity index (χ1v) is 4.65. The third-order valence-corrected chi connectivity index (χ3v) is 2.39. The molecule has 1 atom stereocenters. The van der Waals surface area contributed by atoms with Crippen LogP contribution in [0.4, 0.5) is 0 Å². The van der Waals surface area contributed by atoms with E-state index in [0.29, 0.717) is 19.5 Å². The van der Waals surface area contributed by atoms with E-state index in [1.807, 2.05) is 0 Å². The van der Waals surface area contributed by atoms with Gasteiger partial charge in [0.05, 0.1) is 5.41 Å². The topological polar surface area (TPSA) is 78.4 Å². The summed E-state index contributed by atoms with van der Waals surface area (Å²) in [7, 11) is 0. The zero-order chi connectivity index (χ0) is 10.8. The summed E-state index contributed by atoms with van der Waals surface area (Å²) in [5.41, 5.74) is -0.786. The number of carbonyl (C=O) groups is 2. The Balaban J connectivity index is 2.33. The lowest BCUT2D eigenvalue weighted by Crippen LogP contribution is -2.41. The molecule has 80 valence electrons. The SMILES string of the molecule is CC(C)(CNC1CNC(=O)C1)C(=O)O. The minimum atomic E-state index is -0.831. The molecule has 0 aromatic carbocycles. The van der Waals surface area contributed by atoms with Crippen LogP contribution in [0.3, 0.4) is 0 Å². The molecular weight excluding hydrogens is 184 g/mol. The van der Waals surface area contributed by atoms with E-state index in [4.69, 9.17) is 5.11 Å². The second kappa shape index (κ2) is 3.96. The molecule has 14 heavy (non-hydrogen) atoms. The van der Waals surface area contributed by atoms with Crippen LogP contribution < -0.4 is 10.6 Å². The van der Waals surface area contributed by atoms with Crippen LogP contribution in [0.5, 0.6) is 0 Å². The number of hydrogen-bond donors (Lipinski definition) is 3. The third kappa shape index (κ3) is 2.70. The summed E-state index contributed by atoms with van der Waals surface area (Å²) < 4.78 is 0. The lowest BCUT2D eigenvalue weighted by molar-refractivity contribution is -0.146. The van der Waals surface area contributed by atoms with E-state index in [0.717, 1.165) is 0 Å². The highest BCUT2D eigenvalue weighted by Crippen LogP contribution is 2.14. The van der Waals surface area contributed by atoms with Crippen LogP contribution >= 0.6 is 0 Å². The number of amides is 1. The molecule has 5 heteroatoms. The lowest BCUT2D eigenvalue weighted by atomic mass is 9.93. The van der Waals surface area contributed by atoms with Gasteiger partial charge in [0.1, 0.15) is 0 Å². The molecule has 1 fully saturated rings. The Labute approximate surface area is 82.9 Å². The fraction of sp³-hybridized carbons (Fsp3) is 0.778. The number of hydrogen-bond acceptors (Lipinski definition) is 3. The molecule has 1 aliphatic rings. The Morgan fingerprint density at radius 3 is 2.79 bits per heavy atom. The Morgan fingerprint density at radius 1 is 1.71 bits per heavy atom. The zero-order valence-corrected chi connectivity index (χ0v) is 8.46. The van der Waals surface area contributed by atoms with Crippen LogP contribution in [0, 0.1) is 5.41 Å². The number of nitrogens with one attached hydrogen (secondary N) is 2. The minimum absolute atomic E-state index is 0.0237. The summed E-state index contributed by atoms with van der Waals surface area (Å²) in [5.74, 6) is -0.807. The molecule has 5 nitrogen and oxygen atoms in total. The highest BCUT2D eigenvalue weighted by atomic mass is 16.4. The van der Waals surface area contributed by atoms with Crippen molar-refractivity contribution >= 4 is 11.9 Å². The molecule has 0 aliphatic carbocycles. The first-order valence-electron chi connectivity index (χ1n) is 4.65. The van der Waals surface area contributed by atoms with Crippen molar-refractivity contribution in [2.75, 3.05) is 13.1 Å². The van der Waals surface area contributed by atoms with Crippen molar-refractivity contribution in [3.63, 3.8) is 0 Å². The first kappa shape index (κ1) is 11.0. The van der Waals surface area contributed by atoms with Crippen LogP contribution in [0.25, 0.3) is 0 Å². The monoisotopic (exact) mass is 200 g/mol. The number of rotatable bonds is 4. The summed E-state index contributed by atoms with van der Waals surface area (Å²) in [6, 6.07) is 0.0705. The molecule has 0 saturated carbocycles. The largest absolute Gasteiger partial charge is 0.481 e. The highest BCUT2D eigenvalue weighted by molar-refractivity contribution is 5.79. The summed E-state index contributed by atoms with van der Waals surface area (Å²) in [6.45, 7) is 4.29. The van der Waals surface area contributed by atoms with E-state index < -0.39 is 11.4 Å². The molecule has 0 spiro atoms. The zero-order valence-electron chi connectivity index (χ0n) is 8.46. The number of carboxylic acid groups (broad SMARTS) is 1. The van der Waals surface area contributed by atoms with Gasteiger partial charge >= 0.3 is 5.97 Å². The van der Waals surface area contributed by atoms with Crippen molar-refractivity contribution in [2.45, 2.75) is 26.3 Å². The molecule has 1 heterocycles. The maximum absolute atomic E-state index is 10.8. The van der Waals surface area contributed by atoms with E-state index in [2.05, 4.69) is 10.6 Å². The number of carboxylic acids is 1. The average molecular weight is 200 g/mol. The molecular formula is C9H16N2O3. The second-order valence-electron chi connectivity index (χ2n) is 4.28. The molecule has 3 N–H and O–H groups in total. The average Bonchev–Trinajstić information content (AvgIpc) is 2.48. The van der Waals surface area contributed by atoms with E-state index >= 15 is 0 Å². The molecule has 0 aromatic rings. The first-order chi connectivity index (χ1) is 6.42. The van der Waals surface area contributed by atoms with Crippen LogP contribution in [-0.4, -0.2) is 36.1 Å². The molecule has 1 saturated heterocycles. The third-order valence-electron chi connectivity index (χ3n) is 2.39. The van der Waals surface area contributed by atoms with Gasteiger partial charge in [0.15, 0.2) is 0 Å². The fourth-order valence-corrected chi connectivity index (χ4v) is 1.22. The van der Waals surface area contributed by atoms with Gasteiger partial charge in [0, 0.05) is 25.6 Å². The number of carbonyl (C=O) groups excluding carboxylic acids is 1. The maximum Gasteiger partial charge on any atom is 0.310 e. The van der Waals surface area contributed by atoms with Crippen molar-refractivity contribution in [3.05, 3.63) is 0 Å². The van der Waals surface area contributed by atoms with Gasteiger partial charge in [0.2, 0.25) is 5.91 Å². The normalized spacial score (nSPS) is 22.1. The van der Waals surface area contributed by atoms with E-state index in [-0.39, 0.29) is 11.9 Å². The van der Waals surface area contributed by atoms with Gasteiger partial charge in [-0.3, -0.25) is 9.59 Å². The Bertz CT molecular complexity index is 250. The lowest BCUT2D eigenvalue weighted by Gasteiger charge is -2.21. The summed E-state index contributed by atoms with van der Waals surface area (Å²) in [4.78, 5) is 21.6. The van der Waals surface area contributed by atoms with Crippen molar-refractivity contribution in [3.8, 4) is 0 Å². The minimum Gasteiger partial charge on any atom is -0.481 e. The molecule has 1 aliphatic heterocycles. The molecule has 0 bridgehead atoms. The van der Waals surface area contributed by atoms with Crippen LogP contribution in [0.2, 0.25) is 0 Å². The van der Waals surface area contributed by atoms with Crippen LogP contribution in [0.1, 0.15) is 20.3 Å². The van der Waals surface area contributed by atoms with Crippen molar-refractivity contribution in [1.29, 1.82) is 0 Å². The van der Waals surface area contributed by atoms with Gasteiger partial charge in [-0.2, -0.15) is 0 Å². The van der Waals surface area contributed by atoms with Gasteiger partial charge in [-0.15, -0.1) is 0 Å². The molecule has 1 rings (SSSR count). The smallest absolute Gasteiger partial charge is 0.310 e. The van der Waals surface area contributed by atoms with Gasteiger partial charge in [-0.1, -0.05) is 0 Å². The summed E-state index contributed by atoms with van der Waals surface area (Å²) in [6.07, 6.45) is 0.440. The predicted molar refractivity (Wildman–Crippen MR) is 50.8 cm³/mol. The fourth-order valence-electron chi connectivity index (χ4n) is 1.22. The number of aliphatic carboxylic acids is 1. The van der Waals surface area contributed by atoms with Gasteiger partial charge in [0.25, 0.3) is 0 Å². The maximum atomic E-state index is 10.8. The Hall–Kier alpha value is -1.10. The van der Waals surface area contributed by atoms with Gasteiger partial charge in [-0.25, -0.2) is 0 Å².